The average Bonchev–Trinajstić information content (AvgIpc) is 2.96. The number of anilines is 1. The van der Waals surface area contributed by atoms with Crippen molar-refractivity contribution in [3.05, 3.63) is 58.0 Å². The lowest BCUT2D eigenvalue weighted by molar-refractivity contribution is 0.277. The van der Waals surface area contributed by atoms with Gasteiger partial charge in [-0.3, -0.25) is 4.79 Å². The van der Waals surface area contributed by atoms with Gasteiger partial charge in [0.15, 0.2) is 0 Å². The molecule has 1 N–H and O–H groups in total. The monoisotopic (exact) mass is 340 g/mol. The highest BCUT2D eigenvalue weighted by Crippen LogP contribution is 2.40. The van der Waals surface area contributed by atoms with E-state index in [1.165, 1.54) is 40.7 Å². The van der Waals surface area contributed by atoms with E-state index in [0.717, 1.165) is 17.2 Å². The number of benzene rings is 1. The lowest BCUT2D eigenvalue weighted by Gasteiger charge is -2.34. The topological polar surface area (TPSA) is 59.3 Å². The van der Waals surface area contributed by atoms with Crippen LogP contribution in [-0.4, -0.2) is 14.6 Å². The lowest BCUT2D eigenvalue weighted by Crippen LogP contribution is -2.26. The Labute approximate surface area is 144 Å². The number of hydrogen-bond acceptors (Lipinski definition) is 5. The first kappa shape index (κ1) is 15.3. The smallest absolute Gasteiger partial charge is 0.275 e. The summed E-state index contributed by atoms with van der Waals surface area (Å²) in [4.78, 5) is 17.3. The van der Waals surface area contributed by atoms with Crippen LogP contribution in [0, 0.1) is 5.92 Å². The van der Waals surface area contributed by atoms with Crippen molar-refractivity contribution in [3.63, 3.8) is 0 Å². The molecule has 24 heavy (non-hydrogen) atoms. The molecule has 4 rings (SSSR count). The van der Waals surface area contributed by atoms with Crippen molar-refractivity contribution in [1.82, 2.24) is 14.6 Å². The molecule has 1 unspecified atom stereocenters. The number of hydrogen-bond donors (Lipinski definition) is 1. The van der Waals surface area contributed by atoms with E-state index in [2.05, 4.69) is 39.7 Å². The predicted molar refractivity (Wildman–Crippen MR) is 96.7 cm³/mol. The zero-order chi connectivity index (χ0) is 16.5. The Morgan fingerprint density at radius 3 is 2.79 bits per heavy atom. The third-order valence-corrected chi connectivity index (χ3v) is 5.56. The van der Waals surface area contributed by atoms with Crippen LogP contribution in [0.1, 0.15) is 43.5 Å². The number of aryl methyl sites for hydroxylation is 1. The van der Waals surface area contributed by atoms with Gasteiger partial charge < -0.3 is 5.32 Å². The van der Waals surface area contributed by atoms with Crippen LogP contribution in [0.3, 0.4) is 0 Å². The third kappa shape index (κ3) is 2.82. The molecule has 1 aliphatic carbocycles. The van der Waals surface area contributed by atoms with Gasteiger partial charge in [-0.1, -0.05) is 55.0 Å². The van der Waals surface area contributed by atoms with E-state index in [-0.39, 0.29) is 11.6 Å². The second kappa shape index (κ2) is 6.36. The summed E-state index contributed by atoms with van der Waals surface area (Å²) >= 11 is 1.45. The summed E-state index contributed by atoms with van der Waals surface area (Å²) < 4.78 is 1.40. The summed E-state index contributed by atoms with van der Waals surface area (Å²) in [5.41, 5.74) is 1.98. The quantitative estimate of drug-likeness (QED) is 0.770. The van der Waals surface area contributed by atoms with Crippen LogP contribution in [0.4, 0.5) is 5.13 Å². The van der Waals surface area contributed by atoms with Gasteiger partial charge in [0, 0.05) is 11.8 Å². The molecule has 0 amide bonds. The van der Waals surface area contributed by atoms with Crippen molar-refractivity contribution >= 4 is 21.4 Å². The first-order chi connectivity index (χ1) is 11.7. The molecule has 5 nitrogen and oxygen atoms in total. The second-order valence-corrected chi connectivity index (χ2v) is 7.22. The number of fused-ring (bicyclic) bond motifs is 1. The Kier molecular flexibility index (Phi) is 4.06. The summed E-state index contributed by atoms with van der Waals surface area (Å²) in [5.74, 6) is 0.621. The van der Waals surface area contributed by atoms with Crippen LogP contribution in [-0.2, 0) is 6.42 Å². The molecule has 6 heteroatoms. The zero-order valence-electron chi connectivity index (χ0n) is 13.6. The third-order valence-electron chi connectivity index (χ3n) is 4.72. The van der Waals surface area contributed by atoms with Crippen molar-refractivity contribution in [1.29, 1.82) is 0 Å². The Morgan fingerprint density at radius 2 is 2.12 bits per heavy atom. The number of nitrogens with zero attached hydrogens (tertiary/aromatic N) is 3. The summed E-state index contributed by atoms with van der Waals surface area (Å²) in [7, 11) is 0. The van der Waals surface area contributed by atoms with Gasteiger partial charge >= 0.3 is 0 Å². The average molecular weight is 340 g/mol. The molecule has 1 atom stereocenters. The molecule has 0 radical (unpaired) electrons. The summed E-state index contributed by atoms with van der Waals surface area (Å²) in [6.07, 6.45) is 4.50. The standard InChI is InChI=1S/C18H20N4OS/c1-2-14-11-15(23)22-18(19-14)24-17(21-22)20-16(13-9-6-10-13)12-7-4-3-5-8-12/h3-5,7-8,11,13,16H,2,6,9-10H2,1H3,(H,20,21). The van der Waals surface area contributed by atoms with Crippen molar-refractivity contribution in [2.75, 3.05) is 5.32 Å². The fraction of sp³-hybridized carbons (Fsp3) is 0.389. The molecular formula is C18H20N4OS. The van der Waals surface area contributed by atoms with Crippen molar-refractivity contribution in [3.8, 4) is 0 Å². The lowest BCUT2D eigenvalue weighted by atomic mass is 9.77. The largest absolute Gasteiger partial charge is 0.353 e. The van der Waals surface area contributed by atoms with E-state index in [0.29, 0.717) is 10.9 Å². The molecule has 0 spiro atoms. The highest BCUT2D eigenvalue weighted by Gasteiger charge is 2.29. The second-order valence-electron chi connectivity index (χ2n) is 6.26. The van der Waals surface area contributed by atoms with Crippen molar-refractivity contribution in [2.24, 2.45) is 5.92 Å². The Bertz CT molecular complexity index is 898. The minimum atomic E-state index is -0.110. The zero-order valence-corrected chi connectivity index (χ0v) is 14.4. The first-order valence-corrected chi connectivity index (χ1v) is 9.27. The maximum atomic E-state index is 12.2. The van der Waals surface area contributed by atoms with Crippen molar-refractivity contribution in [2.45, 2.75) is 38.6 Å². The molecular weight excluding hydrogens is 320 g/mol. The van der Waals surface area contributed by atoms with Crippen LogP contribution in [0.25, 0.3) is 4.96 Å². The molecule has 1 fully saturated rings. The van der Waals surface area contributed by atoms with Crippen LogP contribution >= 0.6 is 11.3 Å². The van der Waals surface area contributed by atoms with Gasteiger partial charge in [-0.05, 0) is 30.7 Å². The highest BCUT2D eigenvalue weighted by atomic mass is 32.1. The highest BCUT2D eigenvalue weighted by molar-refractivity contribution is 7.20. The van der Waals surface area contributed by atoms with Gasteiger partial charge in [-0.2, -0.15) is 4.52 Å². The van der Waals surface area contributed by atoms with E-state index >= 15 is 0 Å². The van der Waals surface area contributed by atoms with Gasteiger partial charge in [0.2, 0.25) is 10.1 Å². The molecule has 2 heterocycles. The van der Waals surface area contributed by atoms with Crippen LogP contribution in [0.5, 0.6) is 0 Å². The first-order valence-electron chi connectivity index (χ1n) is 8.46. The molecule has 1 aliphatic rings. The van der Waals surface area contributed by atoms with Gasteiger partial charge in [0.05, 0.1) is 6.04 Å². The Hall–Kier alpha value is -2.21. The fourth-order valence-corrected chi connectivity index (χ4v) is 4.00. The number of rotatable bonds is 5. The summed E-state index contributed by atoms with van der Waals surface area (Å²) in [5, 5.41) is 8.76. The SMILES string of the molecule is CCc1cc(=O)n2nc(NC(c3ccccc3)C3CCC3)sc2n1. The maximum absolute atomic E-state index is 12.2. The van der Waals surface area contributed by atoms with Crippen LogP contribution in [0.2, 0.25) is 0 Å². The Morgan fingerprint density at radius 1 is 1.33 bits per heavy atom. The van der Waals surface area contributed by atoms with Crippen molar-refractivity contribution < 1.29 is 0 Å². The van der Waals surface area contributed by atoms with Gasteiger partial charge in [-0.15, -0.1) is 5.10 Å². The minimum Gasteiger partial charge on any atom is -0.353 e. The van der Waals surface area contributed by atoms with E-state index in [1.54, 1.807) is 6.07 Å². The fourth-order valence-electron chi connectivity index (χ4n) is 3.14. The van der Waals surface area contributed by atoms with E-state index in [4.69, 9.17) is 0 Å². The number of aromatic nitrogens is 3. The molecule has 1 saturated carbocycles. The van der Waals surface area contributed by atoms with Gasteiger partial charge in [0.1, 0.15) is 0 Å². The molecule has 0 bridgehead atoms. The molecule has 2 aromatic heterocycles. The minimum absolute atomic E-state index is 0.110. The Balaban J connectivity index is 1.68. The predicted octanol–water partition coefficient (Wildman–Crippen LogP) is 3.67. The van der Waals surface area contributed by atoms with Crippen LogP contribution in [0.15, 0.2) is 41.2 Å². The molecule has 0 aliphatic heterocycles. The number of nitrogens with one attached hydrogen (secondary N) is 1. The van der Waals surface area contributed by atoms with E-state index in [1.807, 2.05) is 13.0 Å². The molecule has 1 aromatic carbocycles. The van der Waals surface area contributed by atoms with Gasteiger partial charge in [0.25, 0.3) is 5.56 Å². The summed E-state index contributed by atoms with van der Waals surface area (Å²) in [6.45, 7) is 2.00. The molecule has 124 valence electrons. The van der Waals surface area contributed by atoms with E-state index < -0.39 is 0 Å². The van der Waals surface area contributed by atoms with E-state index in [9.17, 15) is 4.79 Å². The normalized spacial score (nSPS) is 16.0. The molecule has 0 saturated heterocycles. The van der Waals surface area contributed by atoms with Gasteiger partial charge in [-0.25, -0.2) is 4.98 Å². The molecule has 3 aromatic rings. The summed E-state index contributed by atoms with van der Waals surface area (Å²) in [6, 6.07) is 12.3. The maximum Gasteiger partial charge on any atom is 0.275 e. The van der Waals surface area contributed by atoms with Crippen LogP contribution < -0.4 is 10.9 Å².